The Morgan fingerprint density at radius 3 is 2.21 bits per heavy atom. The van der Waals surface area contributed by atoms with Gasteiger partial charge in [0.15, 0.2) is 0 Å². The average Bonchev–Trinajstić information content (AvgIpc) is 2.70. The van der Waals surface area contributed by atoms with Gasteiger partial charge in [0.1, 0.15) is 0 Å². The molecule has 8 heteroatoms. The molecule has 0 atom stereocenters. The summed E-state index contributed by atoms with van der Waals surface area (Å²) < 4.78 is 31.7. The number of carbonyl (C=O) groups excluding carboxylic acids is 2. The molecule has 7 nitrogen and oxygen atoms in total. The molecule has 2 aromatic rings. The molecule has 0 heterocycles. The van der Waals surface area contributed by atoms with Gasteiger partial charge in [-0.3, -0.25) is 9.59 Å². The van der Waals surface area contributed by atoms with Gasteiger partial charge in [-0.25, -0.2) is 13.1 Å². The summed E-state index contributed by atoms with van der Waals surface area (Å²) in [7, 11) is -2.33. The topological polar surface area (TPSA) is 92.8 Å². The van der Waals surface area contributed by atoms with Crippen molar-refractivity contribution in [3.05, 3.63) is 65.7 Å². The molecule has 2 rings (SSSR count). The summed E-state index contributed by atoms with van der Waals surface area (Å²) in [5, 5.41) is 0. The number of ether oxygens (including phenoxy) is 1. The van der Waals surface area contributed by atoms with Gasteiger partial charge in [0.25, 0.3) is 5.91 Å². The van der Waals surface area contributed by atoms with E-state index in [0.29, 0.717) is 12.1 Å². The van der Waals surface area contributed by atoms with Gasteiger partial charge in [-0.1, -0.05) is 30.3 Å². The SMILES string of the molecule is COC(=O)CCN(Cc1ccccc1)C(=O)c1ccc(S(=O)(=O)NC(C)C)cc1. The van der Waals surface area contributed by atoms with Crippen LogP contribution in [0.3, 0.4) is 0 Å². The van der Waals surface area contributed by atoms with Crippen LogP contribution in [0.15, 0.2) is 59.5 Å². The van der Waals surface area contributed by atoms with Crippen LogP contribution in [0.2, 0.25) is 0 Å². The molecule has 0 spiro atoms. The van der Waals surface area contributed by atoms with Crippen LogP contribution in [-0.2, 0) is 26.1 Å². The maximum absolute atomic E-state index is 13.0. The maximum atomic E-state index is 13.0. The van der Waals surface area contributed by atoms with E-state index in [9.17, 15) is 18.0 Å². The molecule has 0 radical (unpaired) electrons. The number of hydrogen-bond acceptors (Lipinski definition) is 5. The van der Waals surface area contributed by atoms with E-state index in [0.717, 1.165) is 5.56 Å². The molecule has 0 saturated heterocycles. The lowest BCUT2D eigenvalue weighted by atomic mass is 10.1. The first-order valence-electron chi connectivity index (χ1n) is 9.25. The zero-order valence-electron chi connectivity index (χ0n) is 16.8. The largest absolute Gasteiger partial charge is 0.469 e. The van der Waals surface area contributed by atoms with Crippen molar-refractivity contribution in [1.82, 2.24) is 9.62 Å². The van der Waals surface area contributed by atoms with Gasteiger partial charge in [-0.15, -0.1) is 0 Å². The monoisotopic (exact) mass is 418 g/mol. The zero-order chi connectivity index (χ0) is 21.4. The highest BCUT2D eigenvalue weighted by Gasteiger charge is 2.20. The molecule has 0 aliphatic rings. The van der Waals surface area contributed by atoms with Gasteiger partial charge in [0, 0.05) is 24.7 Å². The van der Waals surface area contributed by atoms with Gasteiger partial charge in [0.2, 0.25) is 10.0 Å². The van der Waals surface area contributed by atoms with Crippen LogP contribution in [0.25, 0.3) is 0 Å². The van der Waals surface area contributed by atoms with Crippen molar-refractivity contribution in [1.29, 1.82) is 0 Å². The Kier molecular flexibility index (Phi) is 7.92. The standard InChI is InChI=1S/C21H26N2O5S/c1-16(2)22-29(26,27)19-11-9-18(10-12-19)21(25)23(14-13-20(24)28-3)15-17-7-5-4-6-8-17/h4-12,16,22H,13-15H2,1-3H3. The second-order valence-electron chi connectivity index (χ2n) is 6.84. The van der Waals surface area contributed by atoms with Crippen molar-refractivity contribution in [3.63, 3.8) is 0 Å². The lowest BCUT2D eigenvalue weighted by Gasteiger charge is -2.23. The lowest BCUT2D eigenvalue weighted by molar-refractivity contribution is -0.140. The number of amides is 1. The van der Waals surface area contributed by atoms with Gasteiger partial charge in [-0.2, -0.15) is 0 Å². The minimum atomic E-state index is -3.63. The van der Waals surface area contributed by atoms with Crippen molar-refractivity contribution in [2.45, 2.75) is 37.8 Å². The number of sulfonamides is 1. The predicted molar refractivity (Wildman–Crippen MR) is 110 cm³/mol. The number of nitrogens with zero attached hydrogens (tertiary/aromatic N) is 1. The Balaban J connectivity index is 2.21. The molecule has 2 aromatic carbocycles. The van der Waals surface area contributed by atoms with E-state index in [-0.39, 0.29) is 29.8 Å². The van der Waals surface area contributed by atoms with Crippen LogP contribution in [0.5, 0.6) is 0 Å². The number of hydrogen-bond donors (Lipinski definition) is 1. The van der Waals surface area contributed by atoms with E-state index >= 15 is 0 Å². The first-order chi connectivity index (χ1) is 13.7. The molecular formula is C21H26N2O5S. The van der Waals surface area contributed by atoms with Crippen molar-refractivity contribution in [2.75, 3.05) is 13.7 Å². The normalized spacial score (nSPS) is 11.3. The van der Waals surface area contributed by atoms with Gasteiger partial charge in [0.05, 0.1) is 18.4 Å². The molecule has 156 valence electrons. The molecule has 0 fully saturated rings. The second-order valence-corrected chi connectivity index (χ2v) is 8.55. The Hall–Kier alpha value is -2.71. The van der Waals surface area contributed by atoms with Crippen LogP contribution in [0, 0.1) is 0 Å². The van der Waals surface area contributed by atoms with Crippen molar-refractivity contribution in [3.8, 4) is 0 Å². The third-order valence-corrected chi connectivity index (χ3v) is 5.79. The Morgan fingerprint density at radius 1 is 1.03 bits per heavy atom. The molecule has 0 aliphatic heterocycles. The Morgan fingerprint density at radius 2 is 1.66 bits per heavy atom. The molecule has 1 N–H and O–H groups in total. The second kappa shape index (κ2) is 10.2. The first kappa shape index (κ1) is 22.6. The quantitative estimate of drug-likeness (QED) is 0.632. The number of nitrogens with one attached hydrogen (secondary N) is 1. The highest BCUT2D eigenvalue weighted by atomic mass is 32.2. The summed E-state index contributed by atoms with van der Waals surface area (Å²) in [6.07, 6.45) is 0.0693. The molecular weight excluding hydrogens is 392 g/mol. The maximum Gasteiger partial charge on any atom is 0.307 e. The van der Waals surface area contributed by atoms with Crippen molar-refractivity contribution < 1.29 is 22.7 Å². The highest BCUT2D eigenvalue weighted by Crippen LogP contribution is 2.15. The molecule has 0 bridgehead atoms. The van der Waals surface area contributed by atoms with E-state index in [2.05, 4.69) is 9.46 Å². The van der Waals surface area contributed by atoms with E-state index < -0.39 is 16.0 Å². The molecule has 0 saturated carbocycles. The smallest absolute Gasteiger partial charge is 0.307 e. The lowest BCUT2D eigenvalue weighted by Crippen LogP contribution is -2.33. The zero-order valence-corrected chi connectivity index (χ0v) is 17.6. The van der Waals surface area contributed by atoms with E-state index in [1.165, 1.54) is 31.4 Å². The van der Waals surface area contributed by atoms with Crippen LogP contribution in [0.1, 0.15) is 36.2 Å². The molecule has 29 heavy (non-hydrogen) atoms. The summed E-state index contributed by atoms with van der Waals surface area (Å²) in [6.45, 7) is 3.98. The Labute approximate surface area is 171 Å². The number of methoxy groups -OCH3 is 1. The Bertz CT molecular complexity index is 925. The fourth-order valence-corrected chi connectivity index (χ4v) is 3.97. The fraction of sp³-hybridized carbons (Fsp3) is 0.333. The minimum Gasteiger partial charge on any atom is -0.469 e. The summed E-state index contributed by atoms with van der Waals surface area (Å²) in [5.41, 5.74) is 1.26. The fourth-order valence-electron chi connectivity index (χ4n) is 2.72. The minimum absolute atomic E-state index is 0.0693. The highest BCUT2D eigenvalue weighted by molar-refractivity contribution is 7.89. The van der Waals surface area contributed by atoms with Crippen molar-refractivity contribution in [2.24, 2.45) is 0 Å². The summed E-state index contributed by atoms with van der Waals surface area (Å²) >= 11 is 0. The van der Waals surface area contributed by atoms with Gasteiger partial charge < -0.3 is 9.64 Å². The van der Waals surface area contributed by atoms with Crippen LogP contribution in [-0.4, -0.2) is 44.9 Å². The van der Waals surface area contributed by atoms with E-state index in [1.54, 1.807) is 18.7 Å². The average molecular weight is 419 g/mol. The third kappa shape index (κ3) is 6.69. The molecule has 0 unspecified atom stereocenters. The van der Waals surface area contributed by atoms with Gasteiger partial charge >= 0.3 is 5.97 Å². The summed E-state index contributed by atoms with van der Waals surface area (Å²) in [6, 6.07) is 14.9. The molecule has 0 aliphatic carbocycles. The number of rotatable bonds is 9. The molecule has 0 aromatic heterocycles. The summed E-state index contributed by atoms with van der Waals surface area (Å²) in [5.74, 6) is -0.699. The van der Waals surface area contributed by atoms with Crippen LogP contribution >= 0.6 is 0 Å². The van der Waals surface area contributed by atoms with E-state index in [4.69, 9.17) is 0 Å². The van der Waals surface area contributed by atoms with Crippen LogP contribution < -0.4 is 4.72 Å². The summed E-state index contributed by atoms with van der Waals surface area (Å²) in [4.78, 5) is 26.2. The molecule has 1 amide bonds. The predicted octanol–water partition coefficient (Wildman–Crippen LogP) is 2.58. The van der Waals surface area contributed by atoms with Gasteiger partial charge in [-0.05, 0) is 43.7 Å². The van der Waals surface area contributed by atoms with E-state index in [1.807, 2.05) is 30.3 Å². The number of carbonyl (C=O) groups is 2. The first-order valence-corrected chi connectivity index (χ1v) is 10.7. The third-order valence-electron chi connectivity index (χ3n) is 4.12. The van der Waals surface area contributed by atoms with Crippen LogP contribution in [0.4, 0.5) is 0 Å². The van der Waals surface area contributed by atoms with Crippen molar-refractivity contribution >= 4 is 21.9 Å². The number of benzene rings is 2. The number of esters is 1.